The number of hydrogen-bond acceptors (Lipinski definition) is 3. The normalized spacial score (nSPS) is 39.9. The molecule has 0 aromatic heterocycles. The van der Waals surface area contributed by atoms with Crippen molar-refractivity contribution in [3.8, 4) is 0 Å². The minimum Gasteiger partial charge on any atom is -0.393 e. The van der Waals surface area contributed by atoms with Gasteiger partial charge in [0.1, 0.15) is 0 Å². The summed E-state index contributed by atoms with van der Waals surface area (Å²) in [5, 5.41) is 13.6. The van der Waals surface area contributed by atoms with Crippen LogP contribution in [-0.2, 0) is 4.74 Å². The van der Waals surface area contributed by atoms with Crippen molar-refractivity contribution in [1.29, 1.82) is 0 Å². The maximum absolute atomic E-state index is 9.79. The van der Waals surface area contributed by atoms with Crippen LogP contribution in [0.1, 0.15) is 64.7 Å². The minimum absolute atomic E-state index is 0.0476. The first-order valence-electron chi connectivity index (χ1n) is 8.77. The number of nitrogens with one attached hydrogen (secondary N) is 1. The van der Waals surface area contributed by atoms with Gasteiger partial charge in [-0.2, -0.15) is 0 Å². The second-order valence-corrected chi connectivity index (χ2v) is 7.27. The van der Waals surface area contributed by atoms with E-state index in [9.17, 15) is 5.11 Å². The van der Waals surface area contributed by atoms with Crippen LogP contribution in [0, 0.1) is 11.3 Å². The molecule has 0 radical (unpaired) electrons. The lowest BCUT2D eigenvalue weighted by Gasteiger charge is -2.54. The minimum atomic E-state index is -0.0476. The van der Waals surface area contributed by atoms with Crippen molar-refractivity contribution >= 4 is 0 Å². The summed E-state index contributed by atoms with van der Waals surface area (Å²) in [7, 11) is 0. The van der Waals surface area contributed by atoms with Crippen LogP contribution in [0.15, 0.2) is 0 Å². The predicted octanol–water partition coefficient (Wildman–Crippen LogP) is 2.86. The molecule has 3 fully saturated rings. The Labute approximate surface area is 123 Å². The number of aliphatic hydroxyl groups is 1. The summed E-state index contributed by atoms with van der Waals surface area (Å²) in [6.07, 6.45) is 11.6. The fourth-order valence-electron chi connectivity index (χ4n) is 4.93. The first-order chi connectivity index (χ1) is 9.74. The number of ether oxygens (including phenoxy) is 1. The third kappa shape index (κ3) is 2.77. The Bertz CT molecular complexity index is 314. The molecule has 3 saturated carbocycles. The zero-order valence-corrected chi connectivity index (χ0v) is 12.9. The highest BCUT2D eigenvalue weighted by Crippen LogP contribution is 2.54. The smallest absolute Gasteiger partial charge is 0.0661 e. The number of aliphatic hydroxyl groups excluding tert-OH is 1. The summed E-state index contributed by atoms with van der Waals surface area (Å²) in [6.45, 7) is 4.07. The molecule has 3 aliphatic rings. The molecule has 0 heterocycles. The largest absolute Gasteiger partial charge is 0.393 e. The molecule has 0 amide bonds. The first-order valence-corrected chi connectivity index (χ1v) is 8.77. The Kier molecular flexibility index (Phi) is 4.68. The van der Waals surface area contributed by atoms with Gasteiger partial charge in [-0.05, 0) is 57.9 Å². The van der Waals surface area contributed by atoms with Crippen LogP contribution in [0.3, 0.4) is 0 Å². The van der Waals surface area contributed by atoms with E-state index in [1.165, 1.54) is 44.9 Å². The van der Waals surface area contributed by atoms with Crippen LogP contribution in [-0.4, -0.2) is 36.5 Å². The molecule has 0 aromatic carbocycles. The molecule has 4 atom stereocenters. The molecule has 3 rings (SSSR count). The molecule has 1 spiro atoms. The molecule has 3 nitrogen and oxygen atoms in total. The van der Waals surface area contributed by atoms with Gasteiger partial charge in [-0.1, -0.05) is 19.3 Å². The molecule has 2 N–H and O–H groups in total. The van der Waals surface area contributed by atoms with Gasteiger partial charge in [0, 0.05) is 18.1 Å². The van der Waals surface area contributed by atoms with Crippen molar-refractivity contribution in [1.82, 2.24) is 5.32 Å². The van der Waals surface area contributed by atoms with Crippen molar-refractivity contribution in [3.63, 3.8) is 0 Å². The quantitative estimate of drug-likeness (QED) is 0.814. The Hall–Kier alpha value is -0.120. The van der Waals surface area contributed by atoms with Crippen molar-refractivity contribution in [2.24, 2.45) is 11.3 Å². The van der Waals surface area contributed by atoms with Crippen LogP contribution in [0.2, 0.25) is 0 Å². The van der Waals surface area contributed by atoms with E-state index >= 15 is 0 Å². The maximum atomic E-state index is 9.79. The van der Waals surface area contributed by atoms with Crippen LogP contribution < -0.4 is 5.32 Å². The average Bonchev–Trinajstić information content (AvgIpc) is 2.94. The van der Waals surface area contributed by atoms with Gasteiger partial charge < -0.3 is 15.2 Å². The zero-order chi connectivity index (χ0) is 14.0. The van der Waals surface area contributed by atoms with Gasteiger partial charge in [0.2, 0.25) is 0 Å². The summed E-state index contributed by atoms with van der Waals surface area (Å²) in [5.74, 6) is 0.684. The molecule has 0 bridgehead atoms. The Morgan fingerprint density at radius 1 is 1.15 bits per heavy atom. The van der Waals surface area contributed by atoms with E-state index in [4.69, 9.17) is 4.74 Å². The van der Waals surface area contributed by atoms with Gasteiger partial charge in [-0.25, -0.2) is 0 Å². The summed E-state index contributed by atoms with van der Waals surface area (Å²) in [4.78, 5) is 0. The van der Waals surface area contributed by atoms with Crippen molar-refractivity contribution < 1.29 is 9.84 Å². The molecule has 3 aliphatic carbocycles. The summed E-state index contributed by atoms with van der Waals surface area (Å²) >= 11 is 0. The topological polar surface area (TPSA) is 41.5 Å². The SMILES string of the molecule is CCOC1CC(NCC2CCCC(O)C2)C12CCCC2. The van der Waals surface area contributed by atoms with Crippen LogP contribution in [0.5, 0.6) is 0 Å². The molecule has 3 heteroatoms. The van der Waals surface area contributed by atoms with Gasteiger partial charge >= 0.3 is 0 Å². The lowest BCUT2D eigenvalue weighted by Crippen LogP contribution is -2.63. The molecule has 116 valence electrons. The molecular formula is C17H31NO2. The highest BCUT2D eigenvalue weighted by Gasteiger charge is 2.56. The number of rotatable bonds is 5. The van der Waals surface area contributed by atoms with E-state index in [-0.39, 0.29) is 6.10 Å². The van der Waals surface area contributed by atoms with Gasteiger partial charge in [0.25, 0.3) is 0 Å². The highest BCUT2D eigenvalue weighted by atomic mass is 16.5. The van der Waals surface area contributed by atoms with Crippen molar-refractivity contribution in [2.75, 3.05) is 13.2 Å². The van der Waals surface area contributed by atoms with E-state index in [2.05, 4.69) is 12.2 Å². The Balaban J connectivity index is 1.50. The van der Waals surface area contributed by atoms with Gasteiger partial charge in [-0.3, -0.25) is 0 Å². The molecule has 20 heavy (non-hydrogen) atoms. The van der Waals surface area contributed by atoms with E-state index in [0.29, 0.717) is 23.5 Å². The van der Waals surface area contributed by atoms with E-state index in [1.54, 1.807) is 0 Å². The summed E-state index contributed by atoms with van der Waals surface area (Å²) in [5.41, 5.74) is 0.448. The third-order valence-corrected chi connectivity index (χ3v) is 6.10. The Morgan fingerprint density at radius 3 is 2.65 bits per heavy atom. The standard InChI is InChI=1S/C17H31NO2/c1-2-20-16-11-15(17(16)8-3-4-9-17)18-12-13-6-5-7-14(19)10-13/h13-16,18-19H,2-12H2,1H3. The van der Waals surface area contributed by atoms with Crippen LogP contribution >= 0.6 is 0 Å². The van der Waals surface area contributed by atoms with E-state index in [0.717, 1.165) is 26.0 Å². The fraction of sp³-hybridized carbons (Fsp3) is 1.00. The molecular weight excluding hydrogens is 250 g/mol. The van der Waals surface area contributed by atoms with E-state index in [1.807, 2.05) is 0 Å². The molecule has 0 saturated heterocycles. The number of hydrogen-bond donors (Lipinski definition) is 2. The average molecular weight is 281 g/mol. The van der Waals surface area contributed by atoms with Crippen molar-refractivity contribution in [2.45, 2.75) is 83.0 Å². The maximum Gasteiger partial charge on any atom is 0.0661 e. The Morgan fingerprint density at radius 2 is 1.95 bits per heavy atom. The lowest BCUT2D eigenvalue weighted by atomic mass is 9.60. The van der Waals surface area contributed by atoms with Crippen LogP contribution in [0.4, 0.5) is 0 Å². The zero-order valence-electron chi connectivity index (χ0n) is 12.9. The van der Waals surface area contributed by atoms with Crippen molar-refractivity contribution in [3.05, 3.63) is 0 Å². The summed E-state index contributed by atoms with van der Waals surface area (Å²) in [6, 6.07) is 0.667. The predicted molar refractivity (Wildman–Crippen MR) is 80.7 cm³/mol. The van der Waals surface area contributed by atoms with Gasteiger partial charge in [-0.15, -0.1) is 0 Å². The first kappa shape index (κ1) is 14.8. The van der Waals surface area contributed by atoms with Crippen LogP contribution in [0.25, 0.3) is 0 Å². The molecule has 4 unspecified atom stereocenters. The van der Waals surface area contributed by atoms with Gasteiger partial charge in [0.05, 0.1) is 12.2 Å². The third-order valence-electron chi connectivity index (χ3n) is 6.10. The van der Waals surface area contributed by atoms with Gasteiger partial charge in [0.15, 0.2) is 0 Å². The molecule has 0 aromatic rings. The monoisotopic (exact) mass is 281 g/mol. The lowest BCUT2D eigenvalue weighted by molar-refractivity contribution is -0.131. The molecule has 0 aliphatic heterocycles. The fourth-order valence-corrected chi connectivity index (χ4v) is 4.93. The van der Waals surface area contributed by atoms with E-state index < -0.39 is 0 Å². The second-order valence-electron chi connectivity index (χ2n) is 7.27. The summed E-state index contributed by atoms with van der Waals surface area (Å²) < 4.78 is 5.97. The highest BCUT2D eigenvalue weighted by molar-refractivity contribution is 5.10. The second kappa shape index (κ2) is 6.33.